The van der Waals surface area contributed by atoms with Crippen LogP contribution in [0.15, 0.2) is 54.7 Å². The van der Waals surface area contributed by atoms with E-state index < -0.39 is 0 Å². The molecule has 136 valence electrons. The third kappa shape index (κ3) is 2.87. The Bertz CT molecular complexity index is 1040. The molecule has 1 amide bonds. The third-order valence-corrected chi connectivity index (χ3v) is 6.25. The number of fused-ring (bicyclic) bond motifs is 2. The largest absolute Gasteiger partial charge is 0.359 e. The van der Waals surface area contributed by atoms with E-state index in [0.717, 1.165) is 41.7 Å². The highest BCUT2D eigenvalue weighted by atomic mass is 35.5. The van der Waals surface area contributed by atoms with Crippen LogP contribution in [0.2, 0.25) is 5.02 Å². The summed E-state index contributed by atoms with van der Waals surface area (Å²) < 4.78 is 0. The molecule has 0 fully saturated rings. The number of rotatable bonds is 2. The molecule has 0 saturated carbocycles. The van der Waals surface area contributed by atoms with Gasteiger partial charge in [0.15, 0.2) is 0 Å². The van der Waals surface area contributed by atoms with E-state index in [1.807, 2.05) is 23.2 Å². The first kappa shape index (κ1) is 16.6. The summed E-state index contributed by atoms with van der Waals surface area (Å²) >= 11 is 6.28. The average Bonchev–Trinajstić information content (AvgIpc) is 3.32. The monoisotopic (exact) mass is 376 g/mol. The Hall–Kier alpha value is -2.52. The van der Waals surface area contributed by atoms with Crippen molar-refractivity contribution in [1.82, 2.24) is 9.88 Å². The minimum Gasteiger partial charge on any atom is -0.359 e. The second kappa shape index (κ2) is 6.58. The summed E-state index contributed by atoms with van der Waals surface area (Å²) in [4.78, 5) is 18.3. The molecule has 2 aliphatic rings. The molecular formula is C23H21ClN2O. The van der Waals surface area contributed by atoms with Gasteiger partial charge in [-0.1, -0.05) is 54.1 Å². The Kier molecular flexibility index (Phi) is 4.05. The average molecular weight is 377 g/mol. The summed E-state index contributed by atoms with van der Waals surface area (Å²) in [6.07, 6.45) is 6.87. The van der Waals surface area contributed by atoms with Crippen molar-refractivity contribution >= 4 is 34.0 Å². The first-order valence-electron chi connectivity index (χ1n) is 9.51. The van der Waals surface area contributed by atoms with Crippen molar-refractivity contribution < 1.29 is 4.79 Å². The lowest BCUT2D eigenvalue weighted by Gasteiger charge is -2.29. The van der Waals surface area contributed by atoms with Gasteiger partial charge in [-0.25, -0.2) is 0 Å². The maximum atomic E-state index is 13.0. The highest BCUT2D eigenvalue weighted by Crippen LogP contribution is 2.33. The van der Waals surface area contributed by atoms with Crippen molar-refractivity contribution in [3.63, 3.8) is 0 Å². The lowest BCUT2D eigenvalue weighted by atomic mass is 9.97. The second-order valence-corrected chi connectivity index (χ2v) is 7.91. The molecule has 3 aromatic rings. The fraction of sp³-hybridized carbons (Fsp3) is 0.261. The van der Waals surface area contributed by atoms with Crippen LogP contribution in [-0.2, 0) is 17.6 Å². The van der Waals surface area contributed by atoms with E-state index in [1.54, 1.807) is 0 Å². The third-order valence-electron chi connectivity index (χ3n) is 5.93. The molecule has 1 aromatic heterocycles. The normalized spacial score (nSPS) is 17.2. The Balaban J connectivity index is 1.33. The van der Waals surface area contributed by atoms with E-state index >= 15 is 0 Å². The lowest BCUT2D eigenvalue weighted by Crippen LogP contribution is -2.39. The van der Waals surface area contributed by atoms with Crippen LogP contribution in [0.4, 0.5) is 0 Å². The van der Waals surface area contributed by atoms with E-state index in [1.165, 1.54) is 22.3 Å². The Morgan fingerprint density at radius 2 is 1.85 bits per heavy atom. The summed E-state index contributed by atoms with van der Waals surface area (Å²) in [5, 5.41) is 1.90. The minimum atomic E-state index is 0.101. The van der Waals surface area contributed by atoms with Gasteiger partial charge in [0.2, 0.25) is 5.91 Å². The number of hydrogen-bond acceptors (Lipinski definition) is 1. The SMILES string of the molecule is O=C(C1Cc2ccccc2C1)N1CC=C(c2c[nH]c3c(Cl)cccc23)CC1. The van der Waals surface area contributed by atoms with Gasteiger partial charge < -0.3 is 9.88 Å². The number of carbonyl (C=O) groups excluding carboxylic acids is 1. The minimum absolute atomic E-state index is 0.101. The predicted molar refractivity (Wildman–Crippen MR) is 110 cm³/mol. The topological polar surface area (TPSA) is 36.1 Å². The van der Waals surface area contributed by atoms with Crippen molar-refractivity contribution in [1.29, 1.82) is 0 Å². The zero-order valence-corrected chi connectivity index (χ0v) is 15.8. The van der Waals surface area contributed by atoms with Crippen LogP contribution in [-0.4, -0.2) is 28.9 Å². The number of para-hydroxylation sites is 1. The molecule has 0 radical (unpaired) electrons. The zero-order valence-electron chi connectivity index (χ0n) is 15.0. The molecule has 0 bridgehead atoms. The van der Waals surface area contributed by atoms with E-state index in [-0.39, 0.29) is 5.92 Å². The quantitative estimate of drug-likeness (QED) is 0.681. The number of hydrogen-bond donors (Lipinski definition) is 1. The summed E-state index contributed by atoms with van der Waals surface area (Å²) in [6, 6.07) is 14.4. The summed E-state index contributed by atoms with van der Waals surface area (Å²) in [6.45, 7) is 1.47. The van der Waals surface area contributed by atoms with E-state index in [0.29, 0.717) is 12.5 Å². The molecule has 5 rings (SSSR count). The summed E-state index contributed by atoms with van der Waals surface area (Å²) in [7, 11) is 0. The van der Waals surface area contributed by atoms with Gasteiger partial charge in [0.25, 0.3) is 0 Å². The molecule has 1 N–H and O–H groups in total. The van der Waals surface area contributed by atoms with Gasteiger partial charge in [0, 0.05) is 36.2 Å². The number of halogens is 1. The first-order chi connectivity index (χ1) is 13.2. The van der Waals surface area contributed by atoms with E-state index in [9.17, 15) is 4.79 Å². The molecule has 1 aliphatic carbocycles. The first-order valence-corrected chi connectivity index (χ1v) is 9.89. The van der Waals surface area contributed by atoms with Crippen molar-refractivity contribution in [3.05, 3.63) is 76.5 Å². The molecule has 0 unspecified atom stereocenters. The predicted octanol–water partition coefficient (Wildman–Crippen LogP) is 4.85. The van der Waals surface area contributed by atoms with E-state index in [2.05, 4.69) is 41.4 Å². The number of nitrogens with one attached hydrogen (secondary N) is 1. The maximum absolute atomic E-state index is 13.0. The van der Waals surface area contributed by atoms with E-state index in [4.69, 9.17) is 11.6 Å². The van der Waals surface area contributed by atoms with Gasteiger partial charge in [-0.05, 0) is 42.0 Å². The molecule has 2 aromatic carbocycles. The highest BCUT2D eigenvalue weighted by molar-refractivity contribution is 6.35. The number of nitrogens with zero attached hydrogens (tertiary/aromatic N) is 1. The van der Waals surface area contributed by atoms with Crippen LogP contribution >= 0.6 is 11.6 Å². The fourth-order valence-corrected chi connectivity index (χ4v) is 4.72. The summed E-state index contributed by atoms with van der Waals surface area (Å²) in [5.41, 5.74) is 6.15. The molecular weight excluding hydrogens is 356 g/mol. The number of aromatic amines is 1. The van der Waals surface area contributed by atoms with Crippen molar-refractivity contribution in [3.8, 4) is 0 Å². The smallest absolute Gasteiger partial charge is 0.226 e. The molecule has 2 heterocycles. The molecule has 27 heavy (non-hydrogen) atoms. The van der Waals surface area contributed by atoms with Gasteiger partial charge in [0.05, 0.1) is 10.5 Å². The van der Waals surface area contributed by atoms with Gasteiger partial charge in [-0.3, -0.25) is 4.79 Å². The molecule has 0 saturated heterocycles. The Morgan fingerprint density at radius 3 is 2.56 bits per heavy atom. The maximum Gasteiger partial charge on any atom is 0.226 e. The Morgan fingerprint density at radius 1 is 1.07 bits per heavy atom. The fourth-order valence-electron chi connectivity index (χ4n) is 4.49. The van der Waals surface area contributed by atoms with Gasteiger partial charge in [-0.2, -0.15) is 0 Å². The van der Waals surface area contributed by atoms with Crippen LogP contribution in [0.3, 0.4) is 0 Å². The van der Waals surface area contributed by atoms with Crippen LogP contribution in [0.1, 0.15) is 23.1 Å². The number of benzene rings is 2. The second-order valence-electron chi connectivity index (χ2n) is 7.50. The molecule has 3 nitrogen and oxygen atoms in total. The molecule has 1 aliphatic heterocycles. The molecule has 0 spiro atoms. The van der Waals surface area contributed by atoms with Gasteiger partial charge in [-0.15, -0.1) is 0 Å². The standard InChI is InChI=1S/C23H21ClN2O/c24-21-7-3-6-19-20(14-25-22(19)21)15-8-10-26(11-9-15)23(27)18-12-16-4-1-2-5-17(16)13-18/h1-8,14,18,25H,9-13H2. The van der Waals surface area contributed by atoms with Crippen LogP contribution in [0.25, 0.3) is 16.5 Å². The zero-order chi connectivity index (χ0) is 18.4. The van der Waals surface area contributed by atoms with Gasteiger partial charge >= 0.3 is 0 Å². The highest BCUT2D eigenvalue weighted by Gasteiger charge is 2.31. The summed E-state index contributed by atoms with van der Waals surface area (Å²) in [5.74, 6) is 0.396. The Labute approximate surface area is 163 Å². The van der Waals surface area contributed by atoms with Crippen LogP contribution < -0.4 is 0 Å². The number of aromatic nitrogens is 1. The molecule has 0 atom stereocenters. The van der Waals surface area contributed by atoms with Crippen molar-refractivity contribution in [2.24, 2.45) is 5.92 Å². The van der Waals surface area contributed by atoms with Crippen molar-refractivity contribution in [2.75, 3.05) is 13.1 Å². The number of carbonyl (C=O) groups is 1. The van der Waals surface area contributed by atoms with Gasteiger partial charge in [0.1, 0.15) is 0 Å². The van der Waals surface area contributed by atoms with Crippen molar-refractivity contribution in [2.45, 2.75) is 19.3 Å². The number of amides is 1. The lowest BCUT2D eigenvalue weighted by molar-refractivity contribution is -0.134. The number of H-pyrrole nitrogens is 1. The van der Waals surface area contributed by atoms with Crippen LogP contribution in [0, 0.1) is 5.92 Å². The molecule has 4 heteroatoms. The van der Waals surface area contributed by atoms with Crippen LogP contribution in [0.5, 0.6) is 0 Å².